The van der Waals surface area contributed by atoms with E-state index in [1.54, 1.807) is 6.07 Å². The number of hydrogen-bond acceptors (Lipinski definition) is 4. The number of rotatable bonds is 8. The van der Waals surface area contributed by atoms with Crippen LogP contribution >= 0.6 is 0 Å². The molecule has 4 rings (SSSR count). The predicted molar refractivity (Wildman–Crippen MR) is 110 cm³/mol. The summed E-state index contributed by atoms with van der Waals surface area (Å²) in [6.45, 7) is 1.76. The van der Waals surface area contributed by atoms with Gasteiger partial charge in [-0.05, 0) is 31.4 Å². The van der Waals surface area contributed by atoms with Gasteiger partial charge in [0, 0.05) is 23.5 Å². The zero-order valence-corrected chi connectivity index (χ0v) is 17.9. The van der Waals surface area contributed by atoms with Gasteiger partial charge >= 0.3 is 0 Å². The minimum absolute atomic E-state index is 0.107. The van der Waals surface area contributed by atoms with Crippen molar-refractivity contribution < 1.29 is 36.5 Å². The van der Waals surface area contributed by atoms with Crippen molar-refractivity contribution in [3.8, 4) is 23.0 Å². The Morgan fingerprint density at radius 1 is 0.969 bits per heavy atom. The van der Waals surface area contributed by atoms with Crippen LogP contribution in [0.4, 0.5) is 17.6 Å². The molecule has 2 aliphatic heterocycles. The number of alkyl halides is 1. The average Bonchev–Trinajstić information content (AvgIpc) is 2.80. The van der Waals surface area contributed by atoms with E-state index >= 15 is 0 Å². The van der Waals surface area contributed by atoms with Crippen LogP contribution in [0.5, 0.6) is 23.0 Å². The fourth-order valence-corrected chi connectivity index (χ4v) is 4.13. The molecule has 174 valence electrons. The Morgan fingerprint density at radius 3 is 2.50 bits per heavy atom. The first-order valence-electron chi connectivity index (χ1n) is 10.9. The van der Waals surface area contributed by atoms with Crippen LogP contribution in [0.3, 0.4) is 0 Å². The van der Waals surface area contributed by atoms with Gasteiger partial charge in [-0.3, -0.25) is 0 Å². The van der Waals surface area contributed by atoms with E-state index in [0.29, 0.717) is 17.7 Å². The molecular formula is C24H26F4O4. The molecule has 8 heteroatoms. The summed E-state index contributed by atoms with van der Waals surface area (Å²) in [7, 11) is 0. The van der Waals surface area contributed by atoms with Crippen LogP contribution in [0.2, 0.25) is 0 Å². The summed E-state index contributed by atoms with van der Waals surface area (Å²) < 4.78 is 78.2. The monoisotopic (exact) mass is 454 g/mol. The van der Waals surface area contributed by atoms with Crippen molar-refractivity contribution in [1.82, 2.24) is 0 Å². The van der Waals surface area contributed by atoms with Crippen molar-refractivity contribution in [2.24, 2.45) is 5.92 Å². The van der Waals surface area contributed by atoms with Crippen molar-refractivity contribution in [1.29, 1.82) is 0 Å². The molecule has 0 amide bonds. The number of fused-ring (bicyclic) bond motifs is 2. The Bertz CT molecular complexity index is 958. The summed E-state index contributed by atoms with van der Waals surface area (Å²) in [6.07, 6.45) is 4.30. The molecule has 2 aromatic rings. The van der Waals surface area contributed by atoms with Gasteiger partial charge < -0.3 is 18.9 Å². The third kappa shape index (κ3) is 4.65. The molecule has 1 saturated heterocycles. The van der Waals surface area contributed by atoms with Crippen LogP contribution in [-0.2, 0) is 11.2 Å². The second kappa shape index (κ2) is 9.98. The fourth-order valence-electron chi connectivity index (χ4n) is 4.13. The van der Waals surface area contributed by atoms with Gasteiger partial charge in [0.2, 0.25) is 17.5 Å². The minimum Gasteiger partial charge on any atom is -0.490 e. The van der Waals surface area contributed by atoms with Gasteiger partial charge in [-0.2, -0.15) is 13.2 Å². The van der Waals surface area contributed by atoms with Crippen molar-refractivity contribution in [3.05, 3.63) is 46.8 Å². The summed E-state index contributed by atoms with van der Waals surface area (Å²) in [5.41, 5.74) is 0.799. The van der Waals surface area contributed by atoms with Gasteiger partial charge in [0.25, 0.3) is 0 Å². The van der Waals surface area contributed by atoms with Crippen molar-refractivity contribution in [3.63, 3.8) is 0 Å². The van der Waals surface area contributed by atoms with Crippen LogP contribution in [0, 0.1) is 23.4 Å². The maximum Gasteiger partial charge on any atom is 0.207 e. The molecule has 0 aliphatic carbocycles. The van der Waals surface area contributed by atoms with Gasteiger partial charge in [0.05, 0.1) is 19.3 Å². The lowest BCUT2D eigenvalue weighted by Gasteiger charge is -2.29. The van der Waals surface area contributed by atoms with E-state index < -0.39 is 24.1 Å². The summed E-state index contributed by atoms with van der Waals surface area (Å²) in [5.74, 6) is -4.22. The highest BCUT2D eigenvalue weighted by molar-refractivity contribution is 5.55. The second-order valence-electron chi connectivity index (χ2n) is 8.17. The minimum atomic E-state index is -1.24. The maximum absolute atomic E-state index is 14.8. The van der Waals surface area contributed by atoms with Gasteiger partial charge in [-0.25, -0.2) is 4.39 Å². The lowest BCUT2D eigenvalue weighted by atomic mass is 9.97. The Kier molecular flexibility index (Phi) is 7.08. The first-order valence-corrected chi connectivity index (χ1v) is 10.9. The van der Waals surface area contributed by atoms with Gasteiger partial charge in [-0.15, -0.1) is 0 Å². The third-order valence-corrected chi connectivity index (χ3v) is 5.82. The zero-order chi connectivity index (χ0) is 22.7. The highest BCUT2D eigenvalue weighted by Crippen LogP contribution is 2.44. The summed E-state index contributed by atoms with van der Waals surface area (Å²) in [4.78, 5) is 0. The van der Waals surface area contributed by atoms with Crippen molar-refractivity contribution in [2.45, 2.75) is 45.1 Å². The van der Waals surface area contributed by atoms with E-state index in [2.05, 4.69) is 6.92 Å². The second-order valence-corrected chi connectivity index (χ2v) is 8.17. The van der Waals surface area contributed by atoms with E-state index in [1.165, 1.54) is 12.1 Å². The molecule has 32 heavy (non-hydrogen) atoms. The highest BCUT2D eigenvalue weighted by atomic mass is 19.2. The quantitative estimate of drug-likeness (QED) is 0.384. The lowest BCUT2D eigenvalue weighted by Crippen LogP contribution is -2.29. The fraction of sp³-hybridized carbons (Fsp3) is 0.500. The molecule has 2 atom stereocenters. The zero-order valence-electron chi connectivity index (χ0n) is 17.9. The number of ether oxygens (including phenoxy) is 4. The Labute approximate surface area is 184 Å². The first-order chi connectivity index (χ1) is 15.5. The van der Waals surface area contributed by atoms with E-state index in [4.69, 9.17) is 18.9 Å². The SMILES string of the molecule is CCCC1CCC(COc2cc3c(c(F)c2F)Oc2c(ccc(OCCF)c2F)C3)CO1. The summed E-state index contributed by atoms with van der Waals surface area (Å²) in [6, 6.07) is 4.32. The van der Waals surface area contributed by atoms with Crippen molar-refractivity contribution >= 4 is 0 Å². The van der Waals surface area contributed by atoms with Crippen LogP contribution in [0.25, 0.3) is 0 Å². The van der Waals surface area contributed by atoms with E-state index in [9.17, 15) is 17.6 Å². The van der Waals surface area contributed by atoms with E-state index in [1.807, 2.05) is 0 Å². The Hall–Kier alpha value is -2.48. The number of halogens is 4. The molecule has 2 unspecified atom stereocenters. The molecule has 2 aliphatic rings. The summed E-state index contributed by atoms with van der Waals surface area (Å²) in [5, 5.41) is 0. The normalized spacial score (nSPS) is 19.7. The molecule has 0 radical (unpaired) electrons. The van der Waals surface area contributed by atoms with Gasteiger partial charge in [0.15, 0.2) is 23.0 Å². The van der Waals surface area contributed by atoms with Gasteiger partial charge in [-0.1, -0.05) is 19.4 Å². The topological polar surface area (TPSA) is 36.9 Å². The van der Waals surface area contributed by atoms with Crippen LogP contribution < -0.4 is 14.2 Å². The van der Waals surface area contributed by atoms with Gasteiger partial charge in [0.1, 0.15) is 13.3 Å². The molecule has 0 bridgehead atoms. The predicted octanol–water partition coefficient (Wildman–Crippen LogP) is 6.12. The Morgan fingerprint density at radius 2 is 1.78 bits per heavy atom. The van der Waals surface area contributed by atoms with Crippen LogP contribution in [-0.4, -0.2) is 32.6 Å². The molecule has 0 N–H and O–H groups in total. The van der Waals surface area contributed by atoms with Crippen LogP contribution in [0.15, 0.2) is 18.2 Å². The summed E-state index contributed by atoms with van der Waals surface area (Å²) >= 11 is 0. The molecule has 0 saturated carbocycles. The largest absolute Gasteiger partial charge is 0.490 e. The Balaban J connectivity index is 1.48. The lowest BCUT2D eigenvalue weighted by molar-refractivity contribution is -0.0310. The molecule has 1 fully saturated rings. The van der Waals surface area contributed by atoms with Crippen LogP contribution in [0.1, 0.15) is 43.7 Å². The third-order valence-electron chi connectivity index (χ3n) is 5.82. The number of benzene rings is 2. The standard InChI is InChI=1S/C24H26F4O4/c1-2-3-17-6-4-14(12-30-17)13-31-19-11-16-10-15-5-7-18(29-9-8-25)21(27)23(15)32-24(16)22(28)20(19)26/h5,7,11,14,17H,2-4,6,8-10,12-13H2,1H3. The van der Waals surface area contributed by atoms with Crippen molar-refractivity contribution in [2.75, 3.05) is 26.5 Å². The van der Waals surface area contributed by atoms with E-state index in [0.717, 1.165) is 25.7 Å². The smallest absolute Gasteiger partial charge is 0.207 e. The highest BCUT2D eigenvalue weighted by Gasteiger charge is 2.30. The molecule has 4 nitrogen and oxygen atoms in total. The molecule has 2 heterocycles. The first kappa shape index (κ1) is 22.7. The molecule has 0 spiro atoms. The van der Waals surface area contributed by atoms with E-state index in [-0.39, 0.29) is 54.7 Å². The molecule has 2 aromatic carbocycles. The molecule has 0 aromatic heterocycles. The average molecular weight is 454 g/mol. The molecular weight excluding hydrogens is 428 g/mol. The maximum atomic E-state index is 14.8. The number of hydrogen-bond donors (Lipinski definition) is 0.